The van der Waals surface area contributed by atoms with E-state index in [0.29, 0.717) is 35.2 Å². The lowest BCUT2D eigenvalue weighted by molar-refractivity contribution is 0.254. The molecule has 2 aliphatic heterocycles. The monoisotopic (exact) mass is 514 g/mol. The van der Waals surface area contributed by atoms with E-state index in [9.17, 15) is 9.90 Å². The first-order chi connectivity index (χ1) is 18.4. The van der Waals surface area contributed by atoms with Crippen molar-refractivity contribution in [1.29, 1.82) is 0 Å². The lowest BCUT2D eigenvalue weighted by Gasteiger charge is -2.21. The van der Waals surface area contributed by atoms with Crippen LogP contribution < -0.4 is 16.2 Å². The highest BCUT2D eigenvalue weighted by Crippen LogP contribution is 2.34. The summed E-state index contributed by atoms with van der Waals surface area (Å²) >= 11 is 0. The quantitative estimate of drug-likeness (QED) is 0.296. The summed E-state index contributed by atoms with van der Waals surface area (Å²) in [5.74, 6) is 1.64. The van der Waals surface area contributed by atoms with Gasteiger partial charge < -0.3 is 25.4 Å². The molecule has 11 nitrogen and oxygen atoms in total. The second kappa shape index (κ2) is 9.58. The van der Waals surface area contributed by atoms with Gasteiger partial charge in [-0.1, -0.05) is 30.3 Å². The minimum absolute atomic E-state index is 0.101. The number of aliphatic hydroxyl groups is 1. The maximum Gasteiger partial charge on any atom is 0.273 e. The molecule has 0 aliphatic carbocycles. The molecule has 38 heavy (non-hydrogen) atoms. The van der Waals surface area contributed by atoms with E-state index in [1.165, 1.54) is 0 Å². The van der Waals surface area contributed by atoms with Crippen LogP contribution in [0.3, 0.4) is 0 Å². The molecule has 3 aromatic heterocycles. The van der Waals surface area contributed by atoms with Crippen LogP contribution >= 0.6 is 0 Å². The average molecular weight is 515 g/mol. The third-order valence-electron chi connectivity index (χ3n) is 7.15. The minimum Gasteiger partial charge on any atom is -0.475 e. The van der Waals surface area contributed by atoms with Crippen molar-refractivity contribution in [2.75, 3.05) is 44.0 Å². The van der Waals surface area contributed by atoms with E-state index in [2.05, 4.69) is 37.6 Å². The molecule has 5 heterocycles. The number of likely N-dealkylation sites (N-methyl/N-ethyl adjacent to an activating group) is 1. The Morgan fingerprint density at radius 1 is 1.18 bits per heavy atom. The van der Waals surface area contributed by atoms with Crippen LogP contribution in [-0.4, -0.2) is 74.5 Å². The number of benzene rings is 1. The van der Waals surface area contributed by atoms with Crippen LogP contribution in [0.5, 0.6) is 0 Å². The zero-order valence-corrected chi connectivity index (χ0v) is 21.3. The van der Waals surface area contributed by atoms with Gasteiger partial charge in [0.15, 0.2) is 5.65 Å². The molecule has 6 rings (SSSR count). The zero-order chi connectivity index (χ0) is 26.3. The van der Waals surface area contributed by atoms with Crippen LogP contribution in [0.4, 0.5) is 17.3 Å². The zero-order valence-electron chi connectivity index (χ0n) is 21.3. The van der Waals surface area contributed by atoms with Gasteiger partial charge in [0.2, 0.25) is 5.90 Å². The molecule has 2 aliphatic rings. The molecule has 0 amide bonds. The Balaban J connectivity index is 1.36. The summed E-state index contributed by atoms with van der Waals surface area (Å²) in [6, 6.07) is 14.8. The summed E-state index contributed by atoms with van der Waals surface area (Å²) < 4.78 is 7.71. The Morgan fingerprint density at radius 3 is 2.79 bits per heavy atom. The van der Waals surface area contributed by atoms with E-state index in [-0.39, 0.29) is 23.7 Å². The third kappa shape index (κ3) is 4.50. The molecule has 4 aromatic rings. The summed E-state index contributed by atoms with van der Waals surface area (Å²) in [5, 5.41) is 20.2. The number of aliphatic hydroxyl groups excluding tert-OH is 1. The number of rotatable bonds is 7. The van der Waals surface area contributed by atoms with E-state index in [1.54, 1.807) is 30.1 Å². The van der Waals surface area contributed by atoms with Gasteiger partial charge in [-0.05, 0) is 31.2 Å². The van der Waals surface area contributed by atoms with Gasteiger partial charge in [0.05, 0.1) is 29.3 Å². The number of hydrogen-bond donors (Lipinski definition) is 4. The van der Waals surface area contributed by atoms with Crippen molar-refractivity contribution >= 4 is 34.3 Å². The predicted octanol–water partition coefficient (Wildman–Crippen LogP) is 2.40. The number of ether oxygens (including phenoxy) is 1. The Kier molecular flexibility index (Phi) is 6.09. The fourth-order valence-corrected chi connectivity index (χ4v) is 5.16. The average Bonchev–Trinajstić information content (AvgIpc) is 3.59. The summed E-state index contributed by atoms with van der Waals surface area (Å²) in [6.07, 6.45) is 2.67. The van der Waals surface area contributed by atoms with Gasteiger partial charge in [-0.25, -0.2) is 15.0 Å². The normalized spacial score (nSPS) is 20.0. The van der Waals surface area contributed by atoms with Gasteiger partial charge >= 0.3 is 0 Å². The lowest BCUT2D eigenvalue weighted by Crippen LogP contribution is -2.31. The highest BCUT2D eigenvalue weighted by molar-refractivity contribution is 6.01. The number of H-pyrrole nitrogens is 1. The van der Waals surface area contributed by atoms with Gasteiger partial charge in [-0.2, -0.15) is 0 Å². The summed E-state index contributed by atoms with van der Waals surface area (Å²) in [5.41, 5.74) is 2.53. The summed E-state index contributed by atoms with van der Waals surface area (Å²) in [7, 11) is 3.84. The van der Waals surface area contributed by atoms with Crippen molar-refractivity contribution in [2.24, 2.45) is 12.0 Å². The Hall–Kier alpha value is -4.22. The number of pyridine rings is 2. The molecule has 0 bridgehead atoms. The van der Waals surface area contributed by atoms with Crippen molar-refractivity contribution in [3.63, 3.8) is 0 Å². The molecule has 1 saturated heterocycles. The predicted molar refractivity (Wildman–Crippen MR) is 146 cm³/mol. The molecule has 2 atom stereocenters. The number of fused-ring (bicyclic) bond motifs is 1. The first kappa shape index (κ1) is 24.1. The van der Waals surface area contributed by atoms with E-state index in [0.717, 1.165) is 36.3 Å². The number of aryl methyl sites for hydroxylation is 1. The Morgan fingerprint density at radius 2 is 2.03 bits per heavy atom. The number of aliphatic imine (C=N–C) groups is 1. The SMILES string of the molecule is CN1CCC2(COC(c3cnc(Nc4ccc5c(=O)[nH]n(C)c5n4)cc3N[C@H](CO)c3ccccc3)=N2)C1. The molecule has 1 aromatic carbocycles. The number of aromatic nitrogens is 4. The van der Waals surface area contributed by atoms with E-state index in [4.69, 9.17) is 9.73 Å². The van der Waals surface area contributed by atoms with E-state index < -0.39 is 0 Å². The van der Waals surface area contributed by atoms with Crippen molar-refractivity contribution in [1.82, 2.24) is 24.6 Å². The number of hydrogen-bond acceptors (Lipinski definition) is 9. The molecule has 1 spiro atoms. The Labute approximate surface area is 219 Å². The third-order valence-corrected chi connectivity index (χ3v) is 7.15. The van der Waals surface area contributed by atoms with Crippen molar-refractivity contribution in [3.05, 3.63) is 76.2 Å². The van der Waals surface area contributed by atoms with Crippen LogP contribution in [0.2, 0.25) is 0 Å². The Bertz CT molecular complexity index is 1560. The number of nitrogens with zero attached hydrogens (tertiary/aromatic N) is 5. The molecular formula is C27H30N8O3. The smallest absolute Gasteiger partial charge is 0.273 e. The van der Waals surface area contributed by atoms with Crippen molar-refractivity contribution < 1.29 is 9.84 Å². The van der Waals surface area contributed by atoms with Crippen LogP contribution in [0.25, 0.3) is 11.0 Å². The topological polar surface area (TPSA) is 133 Å². The van der Waals surface area contributed by atoms with Crippen LogP contribution in [0.1, 0.15) is 23.6 Å². The minimum atomic E-state index is -0.345. The molecule has 0 radical (unpaired) electrons. The number of anilines is 3. The maximum atomic E-state index is 12.0. The van der Waals surface area contributed by atoms with Gasteiger partial charge in [-0.15, -0.1) is 0 Å². The van der Waals surface area contributed by atoms with Crippen LogP contribution in [-0.2, 0) is 11.8 Å². The van der Waals surface area contributed by atoms with Gasteiger partial charge in [0.1, 0.15) is 23.8 Å². The number of aromatic amines is 1. The van der Waals surface area contributed by atoms with E-state index in [1.807, 2.05) is 36.4 Å². The fourth-order valence-electron chi connectivity index (χ4n) is 5.16. The van der Waals surface area contributed by atoms with Crippen molar-refractivity contribution in [3.8, 4) is 0 Å². The van der Waals surface area contributed by atoms with Crippen LogP contribution in [0.15, 0.2) is 64.5 Å². The first-order valence-electron chi connectivity index (χ1n) is 12.6. The summed E-state index contributed by atoms with van der Waals surface area (Å²) in [4.78, 5) is 28.5. The molecule has 1 unspecified atom stereocenters. The highest BCUT2D eigenvalue weighted by atomic mass is 16.5. The van der Waals surface area contributed by atoms with Gasteiger partial charge in [-0.3, -0.25) is 14.6 Å². The number of likely N-dealkylation sites (tertiary alicyclic amines) is 1. The summed E-state index contributed by atoms with van der Waals surface area (Å²) in [6.45, 7) is 2.27. The second-order valence-electron chi connectivity index (χ2n) is 10.0. The highest BCUT2D eigenvalue weighted by Gasteiger charge is 2.42. The lowest BCUT2D eigenvalue weighted by atomic mass is 10.0. The standard InChI is InChI=1S/C27H30N8O3/c1-34-11-10-27(15-34)16-38-26(32-27)19-13-28-23(12-20(19)29-21(14-36)17-6-4-3-5-7-17)30-22-9-8-18-24(31-22)35(2)33-25(18)37/h3-9,12-13,21,36H,10-11,14-16H2,1-2H3,(H,33,37)(H2,28,29,30,31)/t21-,27?/m1/s1. The molecule has 4 N–H and O–H groups in total. The van der Waals surface area contributed by atoms with Crippen molar-refractivity contribution in [2.45, 2.75) is 18.0 Å². The molecule has 0 saturated carbocycles. The molecule has 11 heteroatoms. The molecule has 1 fully saturated rings. The molecule has 196 valence electrons. The molecular weight excluding hydrogens is 484 g/mol. The van der Waals surface area contributed by atoms with Gasteiger partial charge in [0, 0.05) is 32.4 Å². The maximum absolute atomic E-state index is 12.0. The fraction of sp³-hybridized carbons (Fsp3) is 0.333. The number of nitrogens with one attached hydrogen (secondary N) is 3. The first-order valence-corrected chi connectivity index (χ1v) is 12.6. The van der Waals surface area contributed by atoms with Crippen LogP contribution in [0, 0.1) is 0 Å². The largest absolute Gasteiger partial charge is 0.475 e. The second-order valence-corrected chi connectivity index (χ2v) is 10.0. The van der Waals surface area contributed by atoms with E-state index >= 15 is 0 Å². The van der Waals surface area contributed by atoms with Gasteiger partial charge in [0.25, 0.3) is 5.56 Å².